The van der Waals surface area contributed by atoms with Crippen LogP contribution in [0.4, 0.5) is 4.39 Å². The number of aromatic nitrogens is 2. The van der Waals surface area contributed by atoms with Gasteiger partial charge in [-0.15, -0.1) is 10.2 Å². The van der Waals surface area contributed by atoms with Crippen LogP contribution in [0.2, 0.25) is 0 Å². The summed E-state index contributed by atoms with van der Waals surface area (Å²) in [4.78, 5) is 0. The highest BCUT2D eigenvalue weighted by Crippen LogP contribution is 2.17. The first-order valence-corrected chi connectivity index (χ1v) is 7.71. The molecule has 0 aliphatic carbocycles. The van der Waals surface area contributed by atoms with Gasteiger partial charge in [-0.3, -0.25) is 0 Å². The Bertz CT molecular complexity index is 668. The van der Waals surface area contributed by atoms with Crippen molar-refractivity contribution in [2.45, 2.75) is 13.3 Å². The van der Waals surface area contributed by atoms with Crippen LogP contribution in [-0.2, 0) is 16.4 Å². The molecule has 0 saturated heterocycles. The molecule has 6 nitrogen and oxygen atoms in total. The van der Waals surface area contributed by atoms with E-state index in [1.807, 2.05) is 0 Å². The van der Waals surface area contributed by atoms with Gasteiger partial charge in [0.1, 0.15) is 5.82 Å². The third-order valence-corrected chi connectivity index (χ3v) is 4.00. The van der Waals surface area contributed by atoms with E-state index >= 15 is 0 Å². The van der Waals surface area contributed by atoms with Crippen molar-refractivity contribution in [3.05, 3.63) is 36.0 Å². The van der Waals surface area contributed by atoms with Gasteiger partial charge in [-0.05, 0) is 31.2 Å². The lowest BCUT2D eigenvalue weighted by Crippen LogP contribution is -2.27. The monoisotopic (exact) mass is 299 g/mol. The summed E-state index contributed by atoms with van der Waals surface area (Å²) in [5.41, 5.74) is 0.610. The summed E-state index contributed by atoms with van der Waals surface area (Å²) >= 11 is 0. The van der Waals surface area contributed by atoms with Crippen LogP contribution in [0.15, 0.2) is 28.7 Å². The first-order chi connectivity index (χ1) is 9.50. The van der Waals surface area contributed by atoms with Gasteiger partial charge in [0.05, 0.1) is 5.75 Å². The first-order valence-electron chi connectivity index (χ1n) is 6.06. The van der Waals surface area contributed by atoms with Gasteiger partial charge < -0.3 is 4.42 Å². The molecule has 0 saturated carbocycles. The van der Waals surface area contributed by atoms with E-state index in [2.05, 4.69) is 14.9 Å². The molecule has 2 rings (SSSR count). The quantitative estimate of drug-likeness (QED) is 0.870. The van der Waals surface area contributed by atoms with Gasteiger partial charge in [0.25, 0.3) is 0 Å². The second-order valence-corrected chi connectivity index (χ2v) is 6.15. The van der Waals surface area contributed by atoms with Crippen LogP contribution in [0.1, 0.15) is 12.8 Å². The van der Waals surface area contributed by atoms with Crippen molar-refractivity contribution in [3.63, 3.8) is 0 Å². The van der Waals surface area contributed by atoms with Crippen LogP contribution in [0.5, 0.6) is 0 Å². The Morgan fingerprint density at radius 3 is 2.60 bits per heavy atom. The molecule has 0 unspecified atom stereocenters. The van der Waals surface area contributed by atoms with Crippen LogP contribution in [0.25, 0.3) is 11.5 Å². The van der Waals surface area contributed by atoms with Crippen molar-refractivity contribution in [1.82, 2.24) is 14.9 Å². The van der Waals surface area contributed by atoms with E-state index in [1.165, 1.54) is 24.3 Å². The first kappa shape index (κ1) is 14.6. The minimum absolute atomic E-state index is 0.0255. The largest absolute Gasteiger partial charge is 0.421 e. The zero-order chi connectivity index (χ0) is 14.6. The number of halogens is 1. The highest BCUT2D eigenvalue weighted by Gasteiger charge is 2.10. The minimum Gasteiger partial charge on any atom is -0.421 e. The van der Waals surface area contributed by atoms with Crippen LogP contribution in [-0.4, -0.2) is 30.9 Å². The summed E-state index contributed by atoms with van der Waals surface area (Å²) in [6.45, 7) is 1.75. The predicted octanol–water partition coefficient (Wildman–Crippen LogP) is 1.36. The fraction of sp³-hybridized carbons (Fsp3) is 0.333. The van der Waals surface area contributed by atoms with Gasteiger partial charge >= 0.3 is 0 Å². The minimum atomic E-state index is -3.22. The number of nitrogens with zero attached hydrogens (tertiary/aromatic N) is 2. The van der Waals surface area contributed by atoms with Gasteiger partial charge in [0.15, 0.2) is 0 Å². The second kappa shape index (κ2) is 6.10. The topological polar surface area (TPSA) is 85.1 Å². The number of rotatable bonds is 6. The molecule has 2 aromatic rings. The van der Waals surface area contributed by atoms with E-state index in [0.29, 0.717) is 17.9 Å². The Morgan fingerprint density at radius 1 is 1.25 bits per heavy atom. The number of nitrogens with one attached hydrogen (secondary N) is 1. The molecule has 1 heterocycles. The van der Waals surface area contributed by atoms with E-state index in [0.717, 1.165) is 0 Å². The lowest BCUT2D eigenvalue weighted by atomic mass is 10.2. The Balaban J connectivity index is 1.97. The molecule has 0 bridgehead atoms. The molecule has 0 aliphatic rings. The van der Waals surface area contributed by atoms with E-state index in [1.54, 1.807) is 6.92 Å². The summed E-state index contributed by atoms with van der Waals surface area (Å²) in [5, 5.41) is 7.65. The average Bonchev–Trinajstić information content (AvgIpc) is 2.88. The smallest absolute Gasteiger partial charge is 0.247 e. The zero-order valence-electron chi connectivity index (χ0n) is 10.8. The number of hydrogen-bond donors (Lipinski definition) is 1. The van der Waals surface area contributed by atoms with Crippen molar-refractivity contribution in [2.24, 2.45) is 0 Å². The maximum atomic E-state index is 12.8. The normalized spacial score (nSPS) is 11.7. The second-order valence-electron chi connectivity index (χ2n) is 4.06. The van der Waals surface area contributed by atoms with E-state index in [9.17, 15) is 12.8 Å². The highest BCUT2D eigenvalue weighted by molar-refractivity contribution is 7.89. The Morgan fingerprint density at radius 2 is 1.95 bits per heavy atom. The van der Waals surface area contributed by atoms with Crippen LogP contribution >= 0.6 is 0 Å². The maximum Gasteiger partial charge on any atom is 0.247 e. The summed E-state index contributed by atoms with van der Waals surface area (Å²) in [5.74, 6) is 0.279. The SMILES string of the molecule is CCS(=O)(=O)NCCc1nnc(-c2ccc(F)cc2)o1. The summed E-state index contributed by atoms with van der Waals surface area (Å²) in [6.07, 6.45) is 0.299. The van der Waals surface area contributed by atoms with Gasteiger partial charge in [0.2, 0.25) is 21.8 Å². The molecule has 0 fully saturated rings. The fourth-order valence-electron chi connectivity index (χ4n) is 1.48. The number of hydrogen-bond acceptors (Lipinski definition) is 5. The highest BCUT2D eigenvalue weighted by atomic mass is 32.2. The van der Waals surface area contributed by atoms with Crippen molar-refractivity contribution in [1.29, 1.82) is 0 Å². The molecule has 0 aliphatic heterocycles. The van der Waals surface area contributed by atoms with Crippen LogP contribution in [0.3, 0.4) is 0 Å². The van der Waals surface area contributed by atoms with Crippen molar-refractivity contribution in [3.8, 4) is 11.5 Å². The van der Waals surface area contributed by atoms with E-state index < -0.39 is 10.0 Å². The molecular weight excluding hydrogens is 285 g/mol. The molecule has 0 amide bonds. The predicted molar refractivity (Wildman–Crippen MR) is 70.9 cm³/mol. The lowest BCUT2D eigenvalue weighted by molar-refractivity contribution is 0.502. The molecule has 0 atom stereocenters. The molecule has 1 aromatic heterocycles. The molecule has 108 valence electrons. The van der Waals surface area contributed by atoms with Gasteiger partial charge in [0, 0.05) is 18.5 Å². The molecule has 1 aromatic carbocycles. The summed E-state index contributed by atoms with van der Waals surface area (Å²) in [7, 11) is -3.22. The van der Waals surface area contributed by atoms with E-state index in [4.69, 9.17) is 4.42 Å². The third kappa shape index (κ3) is 3.84. The maximum absolute atomic E-state index is 12.8. The molecule has 0 spiro atoms. The standard InChI is InChI=1S/C12H14FN3O3S/c1-2-20(17,18)14-8-7-11-15-16-12(19-11)9-3-5-10(13)6-4-9/h3-6,14H,2,7-8H2,1H3. The number of sulfonamides is 1. The Hall–Kier alpha value is -1.80. The Kier molecular flexibility index (Phi) is 4.46. The molecule has 8 heteroatoms. The zero-order valence-corrected chi connectivity index (χ0v) is 11.7. The van der Waals surface area contributed by atoms with Crippen molar-refractivity contribution < 1.29 is 17.2 Å². The van der Waals surface area contributed by atoms with E-state index in [-0.39, 0.29) is 24.0 Å². The summed E-state index contributed by atoms with van der Waals surface area (Å²) in [6, 6.07) is 5.67. The van der Waals surface area contributed by atoms with Crippen molar-refractivity contribution >= 4 is 10.0 Å². The third-order valence-electron chi connectivity index (χ3n) is 2.60. The lowest BCUT2D eigenvalue weighted by Gasteiger charge is -2.01. The van der Waals surface area contributed by atoms with Gasteiger partial charge in [-0.2, -0.15) is 0 Å². The van der Waals surface area contributed by atoms with Crippen molar-refractivity contribution in [2.75, 3.05) is 12.3 Å². The molecule has 20 heavy (non-hydrogen) atoms. The molecule has 0 radical (unpaired) electrons. The van der Waals surface area contributed by atoms with Gasteiger partial charge in [-0.1, -0.05) is 0 Å². The van der Waals surface area contributed by atoms with Crippen LogP contribution in [0, 0.1) is 5.82 Å². The fourth-order valence-corrected chi connectivity index (χ4v) is 2.10. The molecular formula is C12H14FN3O3S. The van der Waals surface area contributed by atoms with Gasteiger partial charge in [-0.25, -0.2) is 17.5 Å². The average molecular weight is 299 g/mol. The Labute approximate surface area is 116 Å². The summed E-state index contributed by atoms with van der Waals surface area (Å²) < 4.78 is 43.0. The molecule has 1 N–H and O–H groups in total. The van der Waals surface area contributed by atoms with Crippen LogP contribution < -0.4 is 4.72 Å². The number of benzene rings is 1.